The molecule has 0 fully saturated rings. The van der Waals surface area contributed by atoms with Crippen molar-refractivity contribution in [2.75, 3.05) is 5.32 Å². The second-order valence-electron chi connectivity index (χ2n) is 5.01. The van der Waals surface area contributed by atoms with Crippen LogP contribution in [0.15, 0.2) is 54.6 Å². The predicted octanol–water partition coefficient (Wildman–Crippen LogP) is 4.16. The Morgan fingerprint density at radius 1 is 0.905 bits per heavy atom. The molecule has 21 heavy (non-hydrogen) atoms. The number of nitrogens with zero attached hydrogens (tertiary/aromatic N) is 2. The van der Waals surface area contributed by atoms with E-state index in [9.17, 15) is 0 Å². The Kier molecular flexibility index (Phi) is 2.60. The summed E-state index contributed by atoms with van der Waals surface area (Å²) in [6.45, 7) is 1.96. The summed E-state index contributed by atoms with van der Waals surface area (Å²) in [5.74, 6) is 1.69. The van der Waals surface area contributed by atoms with Crippen LogP contribution in [0.25, 0.3) is 21.9 Å². The molecule has 2 aromatic heterocycles. The molecule has 0 aliphatic rings. The monoisotopic (exact) mass is 274 g/mol. The summed E-state index contributed by atoms with van der Waals surface area (Å²) in [5.41, 5.74) is 3.84. The van der Waals surface area contributed by atoms with Gasteiger partial charge < -0.3 is 10.3 Å². The summed E-state index contributed by atoms with van der Waals surface area (Å²) in [4.78, 5) is 12.6. The van der Waals surface area contributed by atoms with Crippen molar-refractivity contribution in [1.29, 1.82) is 0 Å². The number of rotatable bonds is 2. The highest BCUT2D eigenvalue weighted by Crippen LogP contribution is 2.29. The molecule has 2 N–H and O–H groups in total. The lowest BCUT2D eigenvalue weighted by Gasteiger charge is -2.08. The number of nitrogens with one attached hydrogen (secondary N) is 2. The quantitative estimate of drug-likeness (QED) is 0.577. The lowest BCUT2D eigenvalue weighted by molar-refractivity contribution is 1.17. The van der Waals surface area contributed by atoms with Gasteiger partial charge in [0.1, 0.15) is 16.9 Å². The van der Waals surface area contributed by atoms with Gasteiger partial charge in [0.2, 0.25) is 0 Å². The van der Waals surface area contributed by atoms with Crippen molar-refractivity contribution in [3.8, 4) is 0 Å². The Labute approximate surface area is 121 Å². The molecule has 0 amide bonds. The maximum Gasteiger partial charge on any atom is 0.157 e. The first-order chi connectivity index (χ1) is 10.3. The highest BCUT2D eigenvalue weighted by atomic mass is 15.0. The average molecular weight is 274 g/mol. The zero-order chi connectivity index (χ0) is 14.2. The van der Waals surface area contributed by atoms with Gasteiger partial charge in [0.25, 0.3) is 0 Å². The molecule has 2 heterocycles. The van der Waals surface area contributed by atoms with E-state index in [1.165, 1.54) is 0 Å². The predicted molar refractivity (Wildman–Crippen MR) is 85.9 cm³/mol. The number of imidazole rings is 1. The van der Waals surface area contributed by atoms with Crippen LogP contribution < -0.4 is 5.32 Å². The van der Waals surface area contributed by atoms with Gasteiger partial charge in [-0.3, -0.25) is 0 Å². The van der Waals surface area contributed by atoms with E-state index in [-0.39, 0.29) is 0 Å². The summed E-state index contributed by atoms with van der Waals surface area (Å²) in [5, 5.41) is 4.44. The van der Waals surface area contributed by atoms with Crippen LogP contribution in [0.2, 0.25) is 0 Å². The number of benzene rings is 2. The van der Waals surface area contributed by atoms with E-state index in [2.05, 4.69) is 21.4 Å². The van der Waals surface area contributed by atoms with Crippen LogP contribution in [-0.2, 0) is 0 Å². The third kappa shape index (κ3) is 2.01. The van der Waals surface area contributed by atoms with Crippen molar-refractivity contribution >= 4 is 33.4 Å². The van der Waals surface area contributed by atoms with Crippen LogP contribution >= 0.6 is 0 Å². The number of aromatic amines is 1. The van der Waals surface area contributed by atoms with E-state index >= 15 is 0 Å². The molecule has 4 nitrogen and oxygen atoms in total. The fraction of sp³-hybridized carbons (Fsp3) is 0.0588. The maximum absolute atomic E-state index is 4.73. The molecule has 4 aromatic rings. The van der Waals surface area contributed by atoms with Crippen LogP contribution in [0, 0.1) is 6.92 Å². The van der Waals surface area contributed by atoms with E-state index in [0.29, 0.717) is 0 Å². The standard InChI is InChI=1S/C17H14N4/c1-11-18-15-13-9-5-6-10-14(13)21-17(16(15)19-11)20-12-7-3-2-4-8-12/h2-10H,1H3,(H,18,19)(H,20,21). The van der Waals surface area contributed by atoms with Gasteiger partial charge in [0.15, 0.2) is 5.82 Å². The highest BCUT2D eigenvalue weighted by Gasteiger charge is 2.11. The average Bonchev–Trinajstić information content (AvgIpc) is 2.91. The Morgan fingerprint density at radius 2 is 1.67 bits per heavy atom. The summed E-state index contributed by atoms with van der Waals surface area (Å²) in [6, 6.07) is 18.1. The summed E-state index contributed by atoms with van der Waals surface area (Å²) in [7, 11) is 0. The summed E-state index contributed by atoms with van der Waals surface area (Å²) >= 11 is 0. The number of hydrogen-bond donors (Lipinski definition) is 2. The lowest BCUT2D eigenvalue weighted by Crippen LogP contribution is -1.95. The second-order valence-corrected chi connectivity index (χ2v) is 5.01. The zero-order valence-electron chi connectivity index (χ0n) is 11.6. The van der Waals surface area contributed by atoms with Crippen LogP contribution in [0.3, 0.4) is 0 Å². The third-order valence-corrected chi connectivity index (χ3v) is 3.49. The molecule has 0 bridgehead atoms. The number of aromatic nitrogens is 3. The highest BCUT2D eigenvalue weighted by molar-refractivity contribution is 6.07. The largest absolute Gasteiger partial charge is 0.339 e. The first kappa shape index (κ1) is 11.9. The maximum atomic E-state index is 4.73. The molecule has 0 radical (unpaired) electrons. The van der Waals surface area contributed by atoms with Crippen LogP contribution in [-0.4, -0.2) is 15.0 Å². The minimum Gasteiger partial charge on any atom is -0.339 e. The molecule has 0 unspecified atom stereocenters. The molecular weight excluding hydrogens is 260 g/mol. The van der Waals surface area contributed by atoms with Gasteiger partial charge in [-0.2, -0.15) is 0 Å². The Morgan fingerprint density at radius 3 is 2.52 bits per heavy atom. The molecule has 102 valence electrons. The van der Waals surface area contributed by atoms with Gasteiger partial charge in [-0.15, -0.1) is 0 Å². The Hall–Kier alpha value is -2.88. The van der Waals surface area contributed by atoms with Gasteiger partial charge in [-0.25, -0.2) is 9.97 Å². The number of aryl methyl sites for hydroxylation is 1. The number of hydrogen-bond acceptors (Lipinski definition) is 3. The van der Waals surface area contributed by atoms with Crippen LogP contribution in [0.5, 0.6) is 0 Å². The van der Waals surface area contributed by atoms with E-state index in [4.69, 9.17) is 4.98 Å². The van der Waals surface area contributed by atoms with E-state index in [0.717, 1.165) is 39.3 Å². The SMILES string of the molecule is Cc1nc2c([nH]1)c(Nc1ccccc1)nc1ccccc12. The number of para-hydroxylation sites is 2. The van der Waals surface area contributed by atoms with Gasteiger partial charge in [-0.05, 0) is 25.1 Å². The van der Waals surface area contributed by atoms with Gasteiger partial charge in [0, 0.05) is 11.1 Å². The summed E-state index contributed by atoms with van der Waals surface area (Å²) < 4.78 is 0. The first-order valence-electron chi connectivity index (χ1n) is 6.88. The topological polar surface area (TPSA) is 53.6 Å². The van der Waals surface area contributed by atoms with Crippen LogP contribution in [0.1, 0.15) is 5.82 Å². The number of fused-ring (bicyclic) bond motifs is 3. The smallest absolute Gasteiger partial charge is 0.157 e. The molecular formula is C17H14N4. The normalized spacial score (nSPS) is 11.1. The van der Waals surface area contributed by atoms with Crippen molar-refractivity contribution in [2.45, 2.75) is 6.92 Å². The first-order valence-corrected chi connectivity index (χ1v) is 6.88. The van der Waals surface area contributed by atoms with E-state index in [1.807, 2.05) is 55.5 Å². The fourth-order valence-corrected chi connectivity index (χ4v) is 2.55. The molecule has 0 atom stereocenters. The van der Waals surface area contributed by atoms with Crippen molar-refractivity contribution in [2.24, 2.45) is 0 Å². The van der Waals surface area contributed by atoms with Gasteiger partial charge in [-0.1, -0.05) is 36.4 Å². The molecule has 0 aliphatic heterocycles. The molecule has 4 rings (SSSR count). The molecule has 0 spiro atoms. The minimum atomic E-state index is 0.801. The van der Waals surface area contributed by atoms with Gasteiger partial charge >= 0.3 is 0 Å². The number of anilines is 2. The molecule has 0 saturated carbocycles. The number of pyridine rings is 1. The molecule has 0 saturated heterocycles. The molecule has 4 heteroatoms. The van der Waals surface area contributed by atoms with E-state index in [1.54, 1.807) is 0 Å². The van der Waals surface area contributed by atoms with Gasteiger partial charge in [0.05, 0.1) is 5.52 Å². The second kappa shape index (κ2) is 4.59. The number of H-pyrrole nitrogens is 1. The van der Waals surface area contributed by atoms with E-state index < -0.39 is 0 Å². The van der Waals surface area contributed by atoms with Crippen molar-refractivity contribution in [3.05, 3.63) is 60.4 Å². The molecule has 0 aliphatic carbocycles. The Balaban J connectivity index is 1.98. The van der Waals surface area contributed by atoms with Crippen molar-refractivity contribution in [3.63, 3.8) is 0 Å². The molecule has 2 aromatic carbocycles. The fourth-order valence-electron chi connectivity index (χ4n) is 2.55. The third-order valence-electron chi connectivity index (χ3n) is 3.49. The van der Waals surface area contributed by atoms with Crippen molar-refractivity contribution in [1.82, 2.24) is 15.0 Å². The zero-order valence-corrected chi connectivity index (χ0v) is 11.6. The lowest BCUT2D eigenvalue weighted by atomic mass is 10.2. The summed E-state index contributed by atoms with van der Waals surface area (Å²) in [6.07, 6.45) is 0. The van der Waals surface area contributed by atoms with Crippen LogP contribution in [0.4, 0.5) is 11.5 Å². The Bertz CT molecular complexity index is 925. The minimum absolute atomic E-state index is 0.801. The van der Waals surface area contributed by atoms with Crippen molar-refractivity contribution < 1.29 is 0 Å².